The fourth-order valence-electron chi connectivity index (χ4n) is 0.542. The smallest absolute Gasteiger partial charge is 0.334 e. The highest BCUT2D eigenvalue weighted by Crippen LogP contribution is 1.98. The molecule has 0 saturated heterocycles. The maximum atomic E-state index is 10.6. The molecule has 0 spiro atoms. The lowest BCUT2D eigenvalue weighted by molar-refractivity contribution is -0.139. The molecule has 17 heavy (non-hydrogen) atoms. The first-order valence-electron chi connectivity index (χ1n) is 5.14. The highest BCUT2D eigenvalue weighted by Gasteiger charge is 2.03. The Labute approximate surface area is 111 Å². The van der Waals surface area contributed by atoms with Gasteiger partial charge in [0.15, 0.2) is 0 Å². The van der Waals surface area contributed by atoms with Crippen LogP contribution in [-0.2, 0) is 19.1 Å². The van der Waals surface area contributed by atoms with Crippen molar-refractivity contribution in [1.29, 1.82) is 0 Å². The minimum Gasteiger partial charge on any atom is -0.463 e. The van der Waals surface area contributed by atoms with Crippen LogP contribution in [0.2, 0.25) is 0 Å². The minimum absolute atomic E-state index is 0.312. The molecule has 98 valence electrons. The van der Waals surface area contributed by atoms with Gasteiger partial charge in [0.2, 0.25) is 0 Å². The van der Waals surface area contributed by atoms with Gasteiger partial charge in [-0.25, -0.2) is 9.59 Å². The summed E-state index contributed by atoms with van der Waals surface area (Å²) < 4.78 is 9.19. The number of esters is 2. The van der Waals surface area contributed by atoms with Crippen molar-refractivity contribution in [1.82, 2.24) is 0 Å². The van der Waals surface area contributed by atoms with Gasteiger partial charge in [-0.15, -0.1) is 0 Å². The van der Waals surface area contributed by atoms with Crippen molar-refractivity contribution in [2.45, 2.75) is 20.8 Å². The zero-order chi connectivity index (χ0) is 13.8. The Kier molecular flexibility index (Phi) is 12.2. The number of halogens is 1. The number of rotatable bonds is 5. The summed E-state index contributed by atoms with van der Waals surface area (Å²) >= 11 is 3.08. The average molecular weight is 307 g/mol. The molecule has 0 aromatic heterocycles. The Morgan fingerprint density at radius 2 is 1.47 bits per heavy atom. The highest BCUT2D eigenvalue weighted by molar-refractivity contribution is 9.09. The van der Waals surface area contributed by atoms with Crippen LogP contribution in [0.5, 0.6) is 0 Å². The van der Waals surface area contributed by atoms with Gasteiger partial charge < -0.3 is 9.47 Å². The van der Waals surface area contributed by atoms with Crippen LogP contribution in [0.25, 0.3) is 0 Å². The zero-order valence-electron chi connectivity index (χ0n) is 10.5. The maximum Gasteiger partial charge on any atom is 0.334 e. The number of carbonyl (C=O) groups excluding carboxylic acids is 2. The topological polar surface area (TPSA) is 52.6 Å². The Morgan fingerprint density at radius 1 is 1.06 bits per heavy atom. The molecular weight excluding hydrogens is 288 g/mol. The standard InChI is InChI=1S/C6H9BrO2.C6H10O2/c1-3-9-6(8)5(2)4-7;1-4-8-6(7)5(2)3/h2-4H2,1H3;2,4H2,1,3H3. The first-order chi connectivity index (χ1) is 7.90. The highest BCUT2D eigenvalue weighted by atomic mass is 79.9. The number of carbonyl (C=O) groups is 2. The Balaban J connectivity index is 0. The van der Waals surface area contributed by atoms with E-state index in [0.29, 0.717) is 29.7 Å². The Hall–Kier alpha value is -1.10. The number of alkyl halides is 1. The van der Waals surface area contributed by atoms with Crippen LogP contribution in [0.3, 0.4) is 0 Å². The molecule has 0 bridgehead atoms. The summed E-state index contributed by atoms with van der Waals surface area (Å²) in [7, 11) is 0. The first kappa shape index (κ1) is 18.3. The van der Waals surface area contributed by atoms with E-state index in [1.807, 2.05) is 0 Å². The third-order valence-corrected chi connectivity index (χ3v) is 2.03. The minimum atomic E-state index is -0.325. The van der Waals surface area contributed by atoms with Crippen LogP contribution in [0.4, 0.5) is 0 Å². The van der Waals surface area contributed by atoms with Crippen molar-refractivity contribution in [2.75, 3.05) is 18.5 Å². The lowest BCUT2D eigenvalue weighted by Gasteiger charge is -1.99. The number of hydrogen-bond acceptors (Lipinski definition) is 4. The van der Waals surface area contributed by atoms with Crippen LogP contribution in [0, 0.1) is 0 Å². The van der Waals surface area contributed by atoms with E-state index >= 15 is 0 Å². The molecule has 4 nitrogen and oxygen atoms in total. The van der Waals surface area contributed by atoms with Crippen molar-refractivity contribution in [3.8, 4) is 0 Å². The second-order valence-corrected chi connectivity index (χ2v) is 3.52. The molecule has 0 amide bonds. The summed E-state index contributed by atoms with van der Waals surface area (Å²) in [4.78, 5) is 21.0. The van der Waals surface area contributed by atoms with Gasteiger partial charge in [-0.2, -0.15) is 0 Å². The molecule has 0 aliphatic rings. The molecule has 0 heterocycles. The molecule has 0 aromatic carbocycles. The van der Waals surface area contributed by atoms with E-state index < -0.39 is 0 Å². The average Bonchev–Trinajstić information content (AvgIpc) is 2.29. The van der Waals surface area contributed by atoms with Crippen LogP contribution in [0.15, 0.2) is 24.3 Å². The van der Waals surface area contributed by atoms with Crippen molar-refractivity contribution in [3.63, 3.8) is 0 Å². The molecule has 0 N–H and O–H groups in total. The third kappa shape index (κ3) is 11.2. The van der Waals surface area contributed by atoms with Crippen LogP contribution < -0.4 is 0 Å². The predicted molar refractivity (Wildman–Crippen MR) is 71.0 cm³/mol. The number of ether oxygens (including phenoxy) is 2. The van der Waals surface area contributed by atoms with E-state index in [0.717, 1.165) is 0 Å². The quantitative estimate of drug-likeness (QED) is 0.445. The van der Waals surface area contributed by atoms with Gasteiger partial charge in [0.25, 0.3) is 0 Å². The van der Waals surface area contributed by atoms with Crippen LogP contribution >= 0.6 is 15.9 Å². The van der Waals surface area contributed by atoms with E-state index in [4.69, 9.17) is 0 Å². The molecule has 0 saturated carbocycles. The molecule has 0 radical (unpaired) electrons. The normalized spacial score (nSPS) is 8.47. The van der Waals surface area contributed by atoms with Gasteiger partial charge in [-0.3, -0.25) is 0 Å². The van der Waals surface area contributed by atoms with Gasteiger partial charge in [0.05, 0.1) is 13.2 Å². The first-order valence-corrected chi connectivity index (χ1v) is 6.26. The molecular formula is C12H19BrO4. The second-order valence-electron chi connectivity index (χ2n) is 2.96. The fourth-order valence-corrected chi connectivity index (χ4v) is 0.771. The molecule has 0 atom stereocenters. The van der Waals surface area contributed by atoms with Crippen molar-refractivity contribution < 1.29 is 19.1 Å². The largest absolute Gasteiger partial charge is 0.463 e. The summed E-state index contributed by atoms with van der Waals surface area (Å²) in [5.41, 5.74) is 0.906. The van der Waals surface area contributed by atoms with E-state index in [-0.39, 0.29) is 11.9 Å². The van der Waals surface area contributed by atoms with Crippen molar-refractivity contribution in [3.05, 3.63) is 24.3 Å². The zero-order valence-corrected chi connectivity index (χ0v) is 12.1. The second kappa shape index (κ2) is 11.4. The lowest BCUT2D eigenvalue weighted by Crippen LogP contribution is -2.06. The number of hydrogen-bond donors (Lipinski definition) is 0. The molecule has 5 heteroatoms. The molecule has 0 aromatic rings. The van der Waals surface area contributed by atoms with Crippen molar-refractivity contribution in [2.24, 2.45) is 0 Å². The predicted octanol–water partition coefficient (Wildman–Crippen LogP) is 2.63. The summed E-state index contributed by atoms with van der Waals surface area (Å²) in [5.74, 6) is -0.637. The van der Waals surface area contributed by atoms with Crippen LogP contribution in [-0.4, -0.2) is 30.5 Å². The summed E-state index contributed by atoms with van der Waals surface area (Å²) in [6.45, 7) is 12.9. The molecule has 0 rings (SSSR count). The monoisotopic (exact) mass is 306 g/mol. The molecule has 0 unspecified atom stereocenters. The van der Waals surface area contributed by atoms with Gasteiger partial charge in [0, 0.05) is 16.5 Å². The summed E-state index contributed by atoms with van der Waals surface area (Å²) in [6, 6.07) is 0. The van der Waals surface area contributed by atoms with Crippen LogP contribution in [0.1, 0.15) is 20.8 Å². The summed E-state index contributed by atoms with van der Waals surface area (Å²) in [5, 5.41) is 0.478. The van der Waals surface area contributed by atoms with Gasteiger partial charge in [0.1, 0.15) is 0 Å². The molecule has 0 fully saturated rings. The molecule has 0 aliphatic carbocycles. The Morgan fingerprint density at radius 3 is 1.71 bits per heavy atom. The lowest BCUT2D eigenvalue weighted by atomic mass is 10.4. The van der Waals surface area contributed by atoms with E-state index in [9.17, 15) is 9.59 Å². The van der Waals surface area contributed by atoms with Gasteiger partial charge >= 0.3 is 11.9 Å². The van der Waals surface area contributed by atoms with E-state index in [1.54, 1.807) is 20.8 Å². The SMILES string of the molecule is C=C(C)C(=O)OCC.C=C(CBr)C(=O)OCC. The van der Waals surface area contributed by atoms with E-state index in [1.165, 1.54) is 0 Å². The Bertz CT molecular complexity index is 284. The third-order valence-electron chi connectivity index (χ3n) is 1.35. The fraction of sp³-hybridized carbons (Fsp3) is 0.500. The van der Waals surface area contributed by atoms with Crippen molar-refractivity contribution >= 4 is 27.9 Å². The van der Waals surface area contributed by atoms with E-state index in [2.05, 4.69) is 38.6 Å². The summed E-state index contributed by atoms with van der Waals surface area (Å²) in [6.07, 6.45) is 0. The van der Waals surface area contributed by atoms with Gasteiger partial charge in [-0.05, 0) is 20.8 Å². The maximum absolute atomic E-state index is 10.6. The molecule has 0 aliphatic heterocycles. The van der Waals surface area contributed by atoms with Gasteiger partial charge in [-0.1, -0.05) is 29.1 Å².